The highest BCUT2D eigenvalue weighted by molar-refractivity contribution is 6.45. The molecule has 1 heterocycles. The number of carbonyl (C=O) groups excluding carboxylic acids is 1. The number of nitriles is 1. The molecule has 21 heavy (non-hydrogen) atoms. The number of nitrogens with two attached hydrogens (primary N) is 1. The second-order valence-corrected chi connectivity index (χ2v) is 4.70. The lowest BCUT2D eigenvalue weighted by Gasteiger charge is -2.20. The number of anilines is 2. The van der Waals surface area contributed by atoms with E-state index in [-0.39, 0.29) is 11.6 Å². The van der Waals surface area contributed by atoms with Gasteiger partial charge < -0.3 is 10.6 Å². The lowest BCUT2D eigenvalue weighted by molar-refractivity contribution is -0.117. The highest BCUT2D eigenvalue weighted by Crippen LogP contribution is 2.29. The van der Waals surface area contributed by atoms with Crippen molar-refractivity contribution in [1.82, 2.24) is 0 Å². The van der Waals surface area contributed by atoms with Crippen LogP contribution in [0.15, 0.2) is 23.3 Å². The number of hydrogen-bond acceptors (Lipinski definition) is 5. The lowest BCUT2D eigenvalue weighted by Crippen LogP contribution is -2.25. The predicted octanol–water partition coefficient (Wildman–Crippen LogP) is 1.35. The topological polar surface area (TPSA) is 118 Å². The number of hydrogen-bond donors (Lipinski definition) is 3. The lowest BCUT2D eigenvalue weighted by atomic mass is 10.1. The summed E-state index contributed by atoms with van der Waals surface area (Å²) in [4.78, 5) is 13.6. The van der Waals surface area contributed by atoms with E-state index in [1.807, 2.05) is 19.1 Å². The summed E-state index contributed by atoms with van der Waals surface area (Å²) in [6, 6.07) is 7.22. The number of carbonyl (C=O) groups is 1. The minimum Gasteiger partial charge on any atom is -0.382 e. The van der Waals surface area contributed by atoms with Gasteiger partial charge >= 0.3 is 0 Å². The van der Waals surface area contributed by atoms with Crippen molar-refractivity contribution in [3.05, 3.63) is 23.8 Å². The number of amides is 1. The Kier molecular flexibility index (Phi) is 4.18. The maximum Gasteiger partial charge on any atom is 0.227 e. The fraction of sp³-hybridized carbons (Fsp3) is 0.286. The van der Waals surface area contributed by atoms with E-state index in [2.05, 4.69) is 10.5 Å². The molecule has 1 aromatic rings. The number of benzene rings is 1. The largest absolute Gasteiger partial charge is 0.382 e. The second kappa shape index (κ2) is 6.05. The molecule has 0 radical (unpaired) electrons. The molecule has 1 aromatic carbocycles. The number of rotatable bonds is 4. The Bertz CT molecular complexity index is 658. The molecule has 7 nitrogen and oxygen atoms in total. The Morgan fingerprint density at radius 1 is 1.57 bits per heavy atom. The van der Waals surface area contributed by atoms with Crippen molar-refractivity contribution in [1.29, 1.82) is 10.7 Å². The molecular weight excluding hydrogens is 268 g/mol. The molecule has 0 unspecified atom stereocenters. The zero-order valence-electron chi connectivity index (χ0n) is 11.7. The summed E-state index contributed by atoms with van der Waals surface area (Å²) in [5, 5.41) is 19.8. The normalized spacial score (nSPS) is 15.0. The van der Waals surface area contributed by atoms with E-state index in [1.165, 1.54) is 0 Å². The van der Waals surface area contributed by atoms with Gasteiger partial charge in [-0.2, -0.15) is 10.4 Å². The van der Waals surface area contributed by atoms with E-state index in [0.717, 1.165) is 17.7 Å². The highest BCUT2D eigenvalue weighted by Gasteiger charge is 2.23. The van der Waals surface area contributed by atoms with Crippen LogP contribution in [0.3, 0.4) is 0 Å². The minimum absolute atomic E-state index is 0.111. The van der Waals surface area contributed by atoms with E-state index in [4.69, 9.17) is 16.4 Å². The smallest absolute Gasteiger partial charge is 0.227 e. The van der Waals surface area contributed by atoms with Crippen LogP contribution in [0, 0.1) is 23.7 Å². The molecule has 4 N–H and O–H groups in total. The molecule has 0 atom stereocenters. The van der Waals surface area contributed by atoms with Gasteiger partial charge in [0.2, 0.25) is 11.6 Å². The van der Waals surface area contributed by atoms with E-state index in [9.17, 15) is 4.79 Å². The number of amidine groups is 1. The Morgan fingerprint density at radius 2 is 2.33 bits per heavy atom. The van der Waals surface area contributed by atoms with Crippen molar-refractivity contribution < 1.29 is 4.79 Å². The van der Waals surface area contributed by atoms with Gasteiger partial charge in [-0.1, -0.05) is 6.07 Å². The standard InChI is InChI=1S/C14H16N6O/c1-9-10(18-19-11(8-15)14(16)17)4-2-5-12(9)20-7-3-6-13(20)21/h2,4-5,18H,3,6-7H2,1H3,(H3,16,17)/b19-11+. The fourth-order valence-corrected chi connectivity index (χ4v) is 2.20. The first kappa shape index (κ1) is 14.5. The van der Waals surface area contributed by atoms with Gasteiger partial charge in [0, 0.05) is 18.7 Å². The van der Waals surface area contributed by atoms with Crippen LogP contribution >= 0.6 is 0 Å². The summed E-state index contributed by atoms with van der Waals surface area (Å²) in [7, 11) is 0. The monoisotopic (exact) mass is 284 g/mol. The van der Waals surface area contributed by atoms with Crippen molar-refractivity contribution in [3.8, 4) is 6.07 Å². The summed E-state index contributed by atoms with van der Waals surface area (Å²) in [6.45, 7) is 2.59. The van der Waals surface area contributed by atoms with Crippen LogP contribution < -0.4 is 16.1 Å². The third-order valence-electron chi connectivity index (χ3n) is 3.32. The van der Waals surface area contributed by atoms with Gasteiger partial charge in [0.25, 0.3) is 0 Å². The van der Waals surface area contributed by atoms with Gasteiger partial charge in [0.05, 0.1) is 5.69 Å². The third-order valence-corrected chi connectivity index (χ3v) is 3.32. The Morgan fingerprint density at radius 3 is 2.90 bits per heavy atom. The predicted molar refractivity (Wildman–Crippen MR) is 81.4 cm³/mol. The van der Waals surface area contributed by atoms with Gasteiger partial charge in [-0.15, -0.1) is 0 Å². The molecule has 2 rings (SSSR count). The van der Waals surface area contributed by atoms with Crippen molar-refractivity contribution in [3.63, 3.8) is 0 Å². The van der Waals surface area contributed by atoms with Crippen molar-refractivity contribution in [2.24, 2.45) is 10.8 Å². The highest BCUT2D eigenvalue weighted by atomic mass is 16.2. The van der Waals surface area contributed by atoms with Gasteiger partial charge in [-0.05, 0) is 31.0 Å². The average molecular weight is 284 g/mol. The van der Waals surface area contributed by atoms with E-state index >= 15 is 0 Å². The van der Waals surface area contributed by atoms with E-state index in [0.29, 0.717) is 18.7 Å². The number of nitrogens with zero attached hydrogens (tertiary/aromatic N) is 3. The quantitative estimate of drug-likeness (QED) is 0.439. The van der Waals surface area contributed by atoms with E-state index < -0.39 is 5.84 Å². The first-order valence-electron chi connectivity index (χ1n) is 6.52. The van der Waals surface area contributed by atoms with Crippen molar-refractivity contribution >= 4 is 28.8 Å². The molecule has 7 heteroatoms. The molecule has 1 aliphatic rings. The SMILES string of the molecule is Cc1c(N/N=C(\C#N)C(=N)N)cccc1N1CCCC1=O. The third kappa shape index (κ3) is 3.00. The summed E-state index contributed by atoms with van der Waals surface area (Å²) in [5.74, 6) is -0.284. The van der Waals surface area contributed by atoms with Gasteiger partial charge in [0.15, 0.2) is 5.84 Å². The minimum atomic E-state index is -0.395. The van der Waals surface area contributed by atoms with Crippen LogP contribution in [-0.2, 0) is 4.79 Å². The molecule has 108 valence electrons. The van der Waals surface area contributed by atoms with Crippen LogP contribution in [0.1, 0.15) is 18.4 Å². The molecule has 1 saturated heterocycles. The molecule has 1 amide bonds. The average Bonchev–Trinajstić information content (AvgIpc) is 2.87. The molecule has 1 fully saturated rings. The molecule has 0 aromatic heterocycles. The van der Waals surface area contributed by atoms with Gasteiger partial charge in [-0.25, -0.2) is 0 Å². The van der Waals surface area contributed by atoms with Crippen LogP contribution in [-0.4, -0.2) is 24.0 Å². The maximum atomic E-state index is 11.8. The molecule has 1 aliphatic heterocycles. The molecule has 0 saturated carbocycles. The van der Waals surface area contributed by atoms with Crippen molar-refractivity contribution in [2.75, 3.05) is 16.9 Å². The molecule has 0 spiro atoms. The maximum absolute atomic E-state index is 11.8. The second-order valence-electron chi connectivity index (χ2n) is 4.70. The molecular formula is C14H16N6O. The fourth-order valence-electron chi connectivity index (χ4n) is 2.20. The summed E-state index contributed by atoms with van der Waals surface area (Å²) < 4.78 is 0. The first-order chi connectivity index (χ1) is 10.0. The van der Waals surface area contributed by atoms with Gasteiger partial charge in [0.1, 0.15) is 6.07 Å². The Hall–Kier alpha value is -2.88. The van der Waals surface area contributed by atoms with E-state index in [1.54, 1.807) is 17.0 Å². The zero-order chi connectivity index (χ0) is 15.4. The van der Waals surface area contributed by atoms with Crippen LogP contribution in [0.25, 0.3) is 0 Å². The van der Waals surface area contributed by atoms with Crippen molar-refractivity contribution in [2.45, 2.75) is 19.8 Å². The summed E-state index contributed by atoms with van der Waals surface area (Å²) >= 11 is 0. The molecule has 0 bridgehead atoms. The first-order valence-corrected chi connectivity index (χ1v) is 6.52. The van der Waals surface area contributed by atoms with Gasteiger partial charge in [-0.3, -0.25) is 15.6 Å². The number of nitrogens with one attached hydrogen (secondary N) is 2. The molecule has 0 aliphatic carbocycles. The van der Waals surface area contributed by atoms with Crippen LogP contribution in [0.5, 0.6) is 0 Å². The zero-order valence-corrected chi connectivity index (χ0v) is 11.7. The van der Waals surface area contributed by atoms with Crippen LogP contribution in [0.4, 0.5) is 11.4 Å². The van der Waals surface area contributed by atoms with Crippen LogP contribution in [0.2, 0.25) is 0 Å². The Balaban J connectivity index is 2.28. The summed E-state index contributed by atoms with van der Waals surface area (Å²) in [6.07, 6.45) is 1.43. The Labute approximate surface area is 122 Å². The number of hydrazone groups is 1. The summed E-state index contributed by atoms with van der Waals surface area (Å²) in [5.41, 5.74) is 10.1.